The number of hydrogen-bond donors (Lipinski definition) is 0. The number of carbonyl (C=O) groups is 1. The summed E-state index contributed by atoms with van der Waals surface area (Å²) < 4.78 is 5.78. The van der Waals surface area contributed by atoms with Gasteiger partial charge >= 0.3 is 0 Å². The van der Waals surface area contributed by atoms with Crippen LogP contribution in [0.3, 0.4) is 0 Å². The number of rotatable bonds is 9. The highest BCUT2D eigenvalue weighted by atomic mass is 16.5. The Balaban J connectivity index is 2.46. The maximum atomic E-state index is 11.7. The molecule has 0 fully saturated rings. The first-order valence-corrected chi connectivity index (χ1v) is 7.94. The van der Waals surface area contributed by atoms with Crippen molar-refractivity contribution in [2.75, 3.05) is 0 Å². The Morgan fingerprint density at radius 1 is 1.09 bits per heavy atom. The Kier molecular flexibility index (Phi) is 8.46. The minimum absolute atomic E-state index is 0.0873. The molecule has 2 nitrogen and oxygen atoms in total. The fourth-order valence-corrected chi connectivity index (χ4v) is 2.12. The van der Waals surface area contributed by atoms with E-state index in [1.807, 2.05) is 30.3 Å². The Labute approximate surface area is 134 Å². The van der Waals surface area contributed by atoms with E-state index in [4.69, 9.17) is 4.74 Å². The lowest BCUT2D eigenvalue weighted by molar-refractivity contribution is -0.128. The van der Waals surface area contributed by atoms with E-state index in [0.29, 0.717) is 13.0 Å². The number of allylic oxidation sites excluding steroid dienone is 3. The lowest BCUT2D eigenvalue weighted by Gasteiger charge is -2.14. The lowest BCUT2D eigenvalue weighted by Crippen LogP contribution is -2.21. The van der Waals surface area contributed by atoms with Crippen molar-refractivity contribution in [3.8, 4) is 0 Å². The van der Waals surface area contributed by atoms with E-state index in [-0.39, 0.29) is 11.9 Å². The van der Waals surface area contributed by atoms with E-state index >= 15 is 0 Å². The van der Waals surface area contributed by atoms with Crippen molar-refractivity contribution < 1.29 is 9.53 Å². The lowest BCUT2D eigenvalue weighted by atomic mass is 10.1. The summed E-state index contributed by atoms with van der Waals surface area (Å²) >= 11 is 0. The highest BCUT2D eigenvalue weighted by Gasteiger charge is 2.13. The van der Waals surface area contributed by atoms with E-state index in [2.05, 4.69) is 32.9 Å². The SMILES string of the molecule is CC(=O)[C@@H](C/C=C(/C)CCC=C(C)C)OCc1ccccc1. The molecule has 0 amide bonds. The molecule has 0 aromatic heterocycles. The molecule has 2 heteroatoms. The number of benzene rings is 1. The third kappa shape index (κ3) is 7.94. The Morgan fingerprint density at radius 2 is 1.77 bits per heavy atom. The average molecular weight is 300 g/mol. The van der Waals surface area contributed by atoms with Gasteiger partial charge in [-0.05, 0) is 52.5 Å². The van der Waals surface area contributed by atoms with Crippen LogP contribution in [0.25, 0.3) is 0 Å². The first-order valence-electron chi connectivity index (χ1n) is 7.94. The quantitative estimate of drug-likeness (QED) is 0.583. The standard InChI is InChI=1S/C20H28O2/c1-16(2)9-8-10-17(3)13-14-20(18(4)21)22-15-19-11-6-5-7-12-19/h5-7,9,11-13,20H,8,10,14-15H2,1-4H3/b17-13-/t20-/m1/s1. The first-order chi connectivity index (χ1) is 10.5. The van der Waals surface area contributed by atoms with Crippen LogP contribution < -0.4 is 0 Å². The summed E-state index contributed by atoms with van der Waals surface area (Å²) in [5, 5.41) is 0. The Morgan fingerprint density at radius 3 is 2.36 bits per heavy atom. The van der Waals surface area contributed by atoms with Gasteiger partial charge in [-0.25, -0.2) is 0 Å². The second-order valence-electron chi connectivity index (χ2n) is 6.00. The van der Waals surface area contributed by atoms with Gasteiger partial charge in [0, 0.05) is 0 Å². The van der Waals surface area contributed by atoms with Crippen LogP contribution >= 0.6 is 0 Å². The van der Waals surface area contributed by atoms with Gasteiger partial charge in [-0.2, -0.15) is 0 Å². The monoisotopic (exact) mass is 300 g/mol. The minimum atomic E-state index is -0.349. The largest absolute Gasteiger partial charge is 0.365 e. The minimum Gasteiger partial charge on any atom is -0.365 e. The van der Waals surface area contributed by atoms with Gasteiger partial charge in [0.05, 0.1) is 6.61 Å². The zero-order valence-electron chi connectivity index (χ0n) is 14.3. The van der Waals surface area contributed by atoms with Crippen LogP contribution in [0, 0.1) is 0 Å². The third-order valence-corrected chi connectivity index (χ3v) is 3.52. The summed E-state index contributed by atoms with van der Waals surface area (Å²) in [6, 6.07) is 9.96. The summed E-state index contributed by atoms with van der Waals surface area (Å²) in [7, 11) is 0. The van der Waals surface area contributed by atoms with Crippen LogP contribution in [-0.4, -0.2) is 11.9 Å². The number of ether oxygens (including phenoxy) is 1. The molecule has 120 valence electrons. The number of ketones is 1. The second kappa shape index (κ2) is 10.1. The highest BCUT2D eigenvalue weighted by molar-refractivity contribution is 5.80. The molecule has 0 radical (unpaired) electrons. The topological polar surface area (TPSA) is 26.3 Å². The van der Waals surface area contributed by atoms with Crippen LogP contribution in [0.5, 0.6) is 0 Å². The molecule has 0 N–H and O–H groups in total. The summed E-state index contributed by atoms with van der Waals surface area (Å²) in [6.07, 6.45) is 6.78. The normalized spacial score (nSPS) is 12.8. The molecule has 0 aliphatic carbocycles. The molecule has 1 aromatic rings. The van der Waals surface area contributed by atoms with E-state index in [9.17, 15) is 4.79 Å². The van der Waals surface area contributed by atoms with Crippen LogP contribution in [0.2, 0.25) is 0 Å². The number of carbonyl (C=O) groups excluding carboxylic acids is 1. The van der Waals surface area contributed by atoms with Crippen molar-refractivity contribution >= 4 is 5.78 Å². The fraction of sp³-hybridized carbons (Fsp3) is 0.450. The molecule has 0 spiro atoms. The predicted molar refractivity (Wildman–Crippen MR) is 92.7 cm³/mol. The maximum Gasteiger partial charge on any atom is 0.158 e. The fourth-order valence-electron chi connectivity index (χ4n) is 2.12. The molecule has 0 heterocycles. The van der Waals surface area contributed by atoms with Crippen molar-refractivity contribution in [2.24, 2.45) is 0 Å². The van der Waals surface area contributed by atoms with Crippen molar-refractivity contribution in [1.82, 2.24) is 0 Å². The van der Waals surface area contributed by atoms with Crippen LogP contribution in [-0.2, 0) is 16.1 Å². The van der Waals surface area contributed by atoms with Crippen molar-refractivity contribution in [1.29, 1.82) is 0 Å². The molecule has 0 saturated carbocycles. The summed E-state index contributed by atoms with van der Waals surface area (Å²) in [6.45, 7) is 8.43. The zero-order chi connectivity index (χ0) is 16.4. The smallest absolute Gasteiger partial charge is 0.158 e. The van der Waals surface area contributed by atoms with E-state index in [0.717, 1.165) is 18.4 Å². The number of hydrogen-bond acceptors (Lipinski definition) is 2. The molecule has 0 saturated heterocycles. The van der Waals surface area contributed by atoms with Gasteiger partial charge in [0.15, 0.2) is 5.78 Å². The predicted octanol–water partition coefficient (Wildman–Crippen LogP) is 5.24. The maximum absolute atomic E-state index is 11.7. The van der Waals surface area contributed by atoms with Gasteiger partial charge < -0.3 is 4.74 Å². The van der Waals surface area contributed by atoms with Gasteiger partial charge in [-0.1, -0.05) is 53.6 Å². The van der Waals surface area contributed by atoms with Gasteiger partial charge in [0.2, 0.25) is 0 Å². The van der Waals surface area contributed by atoms with Crippen molar-refractivity contribution in [3.63, 3.8) is 0 Å². The highest BCUT2D eigenvalue weighted by Crippen LogP contribution is 2.12. The molecule has 22 heavy (non-hydrogen) atoms. The first kappa shape index (κ1) is 18.4. The average Bonchev–Trinajstić information content (AvgIpc) is 2.47. The van der Waals surface area contributed by atoms with E-state index in [1.54, 1.807) is 6.92 Å². The molecule has 0 aliphatic heterocycles. The summed E-state index contributed by atoms with van der Waals surface area (Å²) in [5.74, 6) is 0.0873. The molecule has 1 rings (SSSR count). The Bertz CT molecular complexity index is 508. The number of Topliss-reactive ketones (excluding diaryl/α,β-unsaturated/α-hetero) is 1. The van der Waals surface area contributed by atoms with E-state index in [1.165, 1.54) is 11.1 Å². The van der Waals surface area contributed by atoms with Gasteiger partial charge in [-0.3, -0.25) is 4.79 Å². The molecular formula is C20H28O2. The van der Waals surface area contributed by atoms with Crippen molar-refractivity contribution in [3.05, 3.63) is 59.2 Å². The molecule has 0 bridgehead atoms. The van der Waals surface area contributed by atoms with Crippen LogP contribution in [0.4, 0.5) is 0 Å². The summed E-state index contributed by atoms with van der Waals surface area (Å²) in [5.41, 5.74) is 3.76. The van der Waals surface area contributed by atoms with Crippen LogP contribution in [0.1, 0.15) is 52.5 Å². The zero-order valence-corrected chi connectivity index (χ0v) is 14.3. The third-order valence-electron chi connectivity index (χ3n) is 3.52. The van der Waals surface area contributed by atoms with Gasteiger partial charge in [0.1, 0.15) is 6.10 Å². The van der Waals surface area contributed by atoms with Gasteiger partial charge in [0.25, 0.3) is 0 Å². The molecule has 1 aromatic carbocycles. The van der Waals surface area contributed by atoms with Gasteiger partial charge in [-0.15, -0.1) is 0 Å². The molecular weight excluding hydrogens is 272 g/mol. The van der Waals surface area contributed by atoms with E-state index < -0.39 is 0 Å². The van der Waals surface area contributed by atoms with Crippen LogP contribution in [0.15, 0.2) is 53.6 Å². The summed E-state index contributed by atoms with van der Waals surface area (Å²) in [4.78, 5) is 11.7. The molecule has 0 aliphatic rings. The Hall–Kier alpha value is -1.67. The van der Waals surface area contributed by atoms with Crippen molar-refractivity contribution in [2.45, 2.75) is 59.7 Å². The molecule has 0 unspecified atom stereocenters. The second-order valence-corrected chi connectivity index (χ2v) is 6.00. The molecule has 1 atom stereocenters.